The third-order valence-electron chi connectivity index (χ3n) is 4.42. The van der Waals surface area contributed by atoms with Gasteiger partial charge in [-0.1, -0.05) is 24.3 Å². The Morgan fingerprint density at radius 2 is 1.69 bits per heavy atom. The number of thioether (sulfide) groups is 1. The summed E-state index contributed by atoms with van der Waals surface area (Å²) in [5.41, 5.74) is 6.70. The van der Waals surface area contributed by atoms with E-state index in [1.54, 1.807) is 12.1 Å². The minimum absolute atomic E-state index is 0.0512. The van der Waals surface area contributed by atoms with E-state index >= 15 is 0 Å². The van der Waals surface area contributed by atoms with Crippen molar-refractivity contribution in [2.75, 3.05) is 5.32 Å². The van der Waals surface area contributed by atoms with Crippen LogP contribution in [0.1, 0.15) is 16.8 Å². The highest BCUT2D eigenvalue weighted by molar-refractivity contribution is 8.01. The SMILES string of the molecule is O=C(C[C@@H]1Sc2ccccc2NC1=O)NNC(=O)c1ccccc1-n1cccc1. The standard InChI is InChI=1S/C21H18N4O3S/c26-19(13-18-21(28)22-15-8-2-4-10-17(15)29-18)23-24-20(27)14-7-1-3-9-16(14)25-11-5-6-12-25/h1-12,18H,13H2,(H,22,28)(H,23,26)(H,24,27)/t18-/m0/s1. The van der Waals surface area contributed by atoms with Crippen molar-refractivity contribution in [1.82, 2.24) is 15.4 Å². The van der Waals surface area contributed by atoms with Crippen molar-refractivity contribution in [3.8, 4) is 5.69 Å². The maximum atomic E-state index is 12.6. The minimum Gasteiger partial charge on any atom is -0.324 e. The summed E-state index contributed by atoms with van der Waals surface area (Å²) in [6.07, 6.45) is 3.62. The maximum Gasteiger partial charge on any atom is 0.271 e. The Balaban J connectivity index is 1.37. The molecule has 3 amide bonds. The van der Waals surface area contributed by atoms with E-state index in [4.69, 9.17) is 0 Å². The summed E-state index contributed by atoms with van der Waals surface area (Å²) in [6.45, 7) is 0. The van der Waals surface area contributed by atoms with Crippen molar-refractivity contribution in [1.29, 1.82) is 0 Å². The molecule has 1 atom stereocenters. The first-order valence-electron chi connectivity index (χ1n) is 9.00. The summed E-state index contributed by atoms with van der Waals surface area (Å²) in [6, 6.07) is 18.2. The average Bonchev–Trinajstić information content (AvgIpc) is 3.27. The molecule has 1 aliphatic rings. The number of amides is 3. The fraction of sp³-hybridized carbons (Fsp3) is 0.0952. The number of hydrazine groups is 1. The van der Waals surface area contributed by atoms with Gasteiger partial charge in [-0.25, -0.2) is 0 Å². The first-order valence-corrected chi connectivity index (χ1v) is 9.88. The van der Waals surface area contributed by atoms with Crippen LogP contribution in [-0.4, -0.2) is 27.5 Å². The summed E-state index contributed by atoms with van der Waals surface area (Å²) < 4.78 is 1.82. The minimum atomic E-state index is -0.561. The van der Waals surface area contributed by atoms with Crippen LogP contribution in [0, 0.1) is 0 Å². The zero-order chi connectivity index (χ0) is 20.2. The molecule has 3 aromatic rings. The number of anilines is 1. The van der Waals surface area contributed by atoms with Gasteiger partial charge in [0.15, 0.2) is 0 Å². The van der Waals surface area contributed by atoms with E-state index in [1.807, 2.05) is 65.5 Å². The molecule has 0 saturated heterocycles. The topological polar surface area (TPSA) is 92.2 Å². The molecule has 1 aromatic heterocycles. The summed E-state index contributed by atoms with van der Waals surface area (Å²) in [7, 11) is 0. The number of hydrogen-bond donors (Lipinski definition) is 3. The van der Waals surface area contributed by atoms with Crippen molar-refractivity contribution in [3.05, 3.63) is 78.6 Å². The molecule has 2 heterocycles. The second-order valence-electron chi connectivity index (χ2n) is 6.41. The average molecular weight is 406 g/mol. The van der Waals surface area contributed by atoms with Gasteiger partial charge in [0.25, 0.3) is 5.91 Å². The number of benzene rings is 2. The van der Waals surface area contributed by atoms with E-state index in [0.717, 1.165) is 10.6 Å². The van der Waals surface area contributed by atoms with Gasteiger partial charge in [0.1, 0.15) is 0 Å². The molecule has 0 saturated carbocycles. The number of para-hydroxylation sites is 2. The third-order valence-corrected chi connectivity index (χ3v) is 5.70. The van der Waals surface area contributed by atoms with Crippen molar-refractivity contribution in [3.63, 3.8) is 0 Å². The molecule has 146 valence electrons. The van der Waals surface area contributed by atoms with E-state index in [-0.39, 0.29) is 12.3 Å². The highest BCUT2D eigenvalue weighted by Crippen LogP contribution is 2.36. The Kier molecular flexibility index (Phi) is 5.35. The van der Waals surface area contributed by atoms with Crippen LogP contribution in [0.25, 0.3) is 5.69 Å². The Hall–Kier alpha value is -3.52. The number of aromatic nitrogens is 1. The zero-order valence-corrected chi connectivity index (χ0v) is 16.1. The lowest BCUT2D eigenvalue weighted by atomic mass is 10.1. The number of nitrogens with one attached hydrogen (secondary N) is 3. The number of fused-ring (bicyclic) bond motifs is 1. The molecule has 0 aliphatic carbocycles. The fourth-order valence-electron chi connectivity index (χ4n) is 3.03. The lowest BCUT2D eigenvalue weighted by molar-refractivity contribution is -0.124. The highest BCUT2D eigenvalue weighted by atomic mass is 32.2. The van der Waals surface area contributed by atoms with Gasteiger partial charge in [0, 0.05) is 23.7 Å². The molecule has 0 bridgehead atoms. The van der Waals surface area contributed by atoms with Crippen molar-refractivity contribution >= 4 is 35.2 Å². The van der Waals surface area contributed by atoms with Crippen LogP contribution in [0.5, 0.6) is 0 Å². The first-order chi connectivity index (χ1) is 14.1. The molecule has 0 radical (unpaired) electrons. The smallest absolute Gasteiger partial charge is 0.271 e. The van der Waals surface area contributed by atoms with E-state index in [2.05, 4.69) is 16.2 Å². The molecular formula is C21H18N4O3S. The van der Waals surface area contributed by atoms with E-state index in [0.29, 0.717) is 11.3 Å². The second kappa shape index (κ2) is 8.24. The largest absolute Gasteiger partial charge is 0.324 e. The molecule has 8 heteroatoms. The number of rotatable bonds is 4. The van der Waals surface area contributed by atoms with Crippen LogP contribution in [0.3, 0.4) is 0 Å². The fourth-order valence-corrected chi connectivity index (χ4v) is 4.14. The van der Waals surface area contributed by atoms with Crippen LogP contribution < -0.4 is 16.2 Å². The molecule has 29 heavy (non-hydrogen) atoms. The Morgan fingerprint density at radius 1 is 0.966 bits per heavy atom. The van der Waals surface area contributed by atoms with Crippen LogP contribution in [-0.2, 0) is 9.59 Å². The van der Waals surface area contributed by atoms with Crippen molar-refractivity contribution < 1.29 is 14.4 Å². The van der Waals surface area contributed by atoms with Crippen molar-refractivity contribution in [2.24, 2.45) is 0 Å². The van der Waals surface area contributed by atoms with E-state index in [9.17, 15) is 14.4 Å². The number of carbonyl (C=O) groups excluding carboxylic acids is 3. The van der Waals surface area contributed by atoms with Crippen LogP contribution in [0.15, 0.2) is 78.0 Å². The van der Waals surface area contributed by atoms with Gasteiger partial charge in [0.2, 0.25) is 11.8 Å². The van der Waals surface area contributed by atoms with Gasteiger partial charge in [-0.2, -0.15) is 0 Å². The van der Waals surface area contributed by atoms with Crippen LogP contribution >= 0.6 is 11.8 Å². The normalized spacial score (nSPS) is 15.2. The molecule has 7 nitrogen and oxygen atoms in total. The molecule has 0 unspecified atom stereocenters. The van der Waals surface area contributed by atoms with Gasteiger partial charge >= 0.3 is 0 Å². The molecule has 2 aromatic carbocycles. The summed E-state index contributed by atoms with van der Waals surface area (Å²) in [5, 5.41) is 2.24. The monoisotopic (exact) mass is 406 g/mol. The first kappa shape index (κ1) is 18.8. The van der Waals surface area contributed by atoms with Gasteiger partial charge in [-0.05, 0) is 36.4 Å². The zero-order valence-electron chi connectivity index (χ0n) is 15.3. The summed E-state index contributed by atoms with van der Waals surface area (Å²) >= 11 is 1.34. The van der Waals surface area contributed by atoms with Gasteiger partial charge in [-0.15, -0.1) is 11.8 Å². The second-order valence-corrected chi connectivity index (χ2v) is 7.65. The number of carbonyl (C=O) groups is 3. The molecule has 0 spiro atoms. The maximum absolute atomic E-state index is 12.6. The predicted molar refractivity (Wildman–Crippen MR) is 111 cm³/mol. The Morgan fingerprint density at radius 3 is 2.52 bits per heavy atom. The third kappa shape index (κ3) is 4.17. The predicted octanol–water partition coefficient (Wildman–Crippen LogP) is 2.74. The van der Waals surface area contributed by atoms with Crippen molar-refractivity contribution in [2.45, 2.75) is 16.6 Å². The summed E-state index contributed by atoms with van der Waals surface area (Å²) in [5.74, 6) is -1.11. The van der Waals surface area contributed by atoms with Gasteiger partial charge in [0.05, 0.1) is 22.2 Å². The van der Waals surface area contributed by atoms with E-state index in [1.165, 1.54) is 11.8 Å². The molecule has 4 rings (SSSR count). The number of nitrogens with zero attached hydrogens (tertiary/aromatic N) is 1. The van der Waals surface area contributed by atoms with Gasteiger partial charge < -0.3 is 9.88 Å². The lowest BCUT2D eigenvalue weighted by Gasteiger charge is -2.23. The molecular weight excluding hydrogens is 388 g/mol. The Labute approximate surface area is 171 Å². The van der Waals surface area contributed by atoms with Gasteiger partial charge in [-0.3, -0.25) is 25.2 Å². The van der Waals surface area contributed by atoms with Crippen LogP contribution in [0.2, 0.25) is 0 Å². The van der Waals surface area contributed by atoms with E-state index < -0.39 is 17.1 Å². The molecule has 0 fully saturated rings. The molecule has 1 aliphatic heterocycles. The summed E-state index contributed by atoms with van der Waals surface area (Å²) in [4.78, 5) is 38.0. The lowest BCUT2D eigenvalue weighted by Crippen LogP contribution is -2.44. The molecule has 3 N–H and O–H groups in total. The highest BCUT2D eigenvalue weighted by Gasteiger charge is 2.29. The Bertz CT molecular complexity index is 1070. The number of hydrogen-bond acceptors (Lipinski definition) is 4. The van der Waals surface area contributed by atoms with Crippen LogP contribution in [0.4, 0.5) is 5.69 Å². The quantitative estimate of drug-likeness (QED) is 0.581.